The number of rotatable bonds is 6. The molecule has 0 spiro atoms. The number of fused-ring (bicyclic) bond motifs is 3. The highest BCUT2D eigenvalue weighted by Crippen LogP contribution is 2.34. The topological polar surface area (TPSA) is 98.2 Å². The maximum absolute atomic E-state index is 13.2. The van der Waals surface area contributed by atoms with E-state index in [1.807, 2.05) is 0 Å². The lowest BCUT2D eigenvalue weighted by molar-refractivity contribution is -0.121. The van der Waals surface area contributed by atoms with Gasteiger partial charge in [-0.1, -0.05) is 17.7 Å². The maximum Gasteiger partial charge on any atom is 0.278 e. The van der Waals surface area contributed by atoms with Gasteiger partial charge in [0.2, 0.25) is 5.91 Å². The van der Waals surface area contributed by atoms with E-state index in [0.717, 1.165) is 0 Å². The molecule has 0 saturated heterocycles. The first-order chi connectivity index (χ1) is 14.9. The Morgan fingerprint density at radius 1 is 1.23 bits per heavy atom. The number of benzene rings is 2. The SMILES string of the molecule is COc1cc2[nH]c3c(=O)n(CC(=O)NCc4ccc(F)c(Cl)c4)cnc3c2cc1OC. The van der Waals surface area contributed by atoms with Crippen molar-refractivity contribution in [1.29, 1.82) is 0 Å². The van der Waals surface area contributed by atoms with Crippen molar-refractivity contribution in [2.24, 2.45) is 0 Å². The minimum Gasteiger partial charge on any atom is -0.493 e. The molecule has 10 heteroatoms. The second-order valence-electron chi connectivity index (χ2n) is 6.80. The fourth-order valence-electron chi connectivity index (χ4n) is 3.29. The average Bonchev–Trinajstić information content (AvgIpc) is 3.13. The highest BCUT2D eigenvalue weighted by Gasteiger charge is 2.16. The maximum atomic E-state index is 13.2. The Morgan fingerprint density at radius 2 is 1.97 bits per heavy atom. The number of hydrogen-bond donors (Lipinski definition) is 2. The summed E-state index contributed by atoms with van der Waals surface area (Å²) in [6.45, 7) is -0.0755. The number of halogens is 2. The molecule has 1 amide bonds. The summed E-state index contributed by atoms with van der Waals surface area (Å²) in [5, 5.41) is 3.36. The van der Waals surface area contributed by atoms with Crippen LogP contribution >= 0.6 is 11.6 Å². The number of nitrogens with zero attached hydrogens (tertiary/aromatic N) is 2. The molecule has 0 aliphatic carbocycles. The Morgan fingerprint density at radius 3 is 2.68 bits per heavy atom. The molecule has 2 N–H and O–H groups in total. The Bertz CT molecular complexity index is 1370. The van der Waals surface area contributed by atoms with Crippen LogP contribution < -0.4 is 20.3 Å². The smallest absolute Gasteiger partial charge is 0.278 e. The summed E-state index contributed by atoms with van der Waals surface area (Å²) in [4.78, 5) is 32.6. The molecule has 2 aromatic heterocycles. The van der Waals surface area contributed by atoms with E-state index in [9.17, 15) is 14.0 Å². The van der Waals surface area contributed by atoms with Gasteiger partial charge in [-0.05, 0) is 23.8 Å². The number of methoxy groups -OCH3 is 2. The number of ether oxygens (including phenoxy) is 2. The summed E-state index contributed by atoms with van der Waals surface area (Å²) in [6.07, 6.45) is 1.32. The van der Waals surface area contributed by atoms with Gasteiger partial charge in [0, 0.05) is 18.0 Å². The number of H-pyrrole nitrogens is 1. The highest BCUT2D eigenvalue weighted by atomic mass is 35.5. The third kappa shape index (κ3) is 3.91. The van der Waals surface area contributed by atoms with Gasteiger partial charge in [0.05, 0.1) is 31.1 Å². The van der Waals surface area contributed by atoms with E-state index >= 15 is 0 Å². The molecule has 8 nitrogen and oxygen atoms in total. The molecule has 2 aromatic carbocycles. The largest absolute Gasteiger partial charge is 0.493 e. The van der Waals surface area contributed by atoms with Gasteiger partial charge in [-0.25, -0.2) is 9.37 Å². The van der Waals surface area contributed by atoms with E-state index in [-0.39, 0.29) is 29.2 Å². The normalized spacial score (nSPS) is 11.1. The van der Waals surface area contributed by atoms with Crippen molar-refractivity contribution >= 4 is 39.4 Å². The number of carbonyl (C=O) groups excluding carboxylic acids is 1. The van der Waals surface area contributed by atoms with Gasteiger partial charge in [-0.15, -0.1) is 0 Å². The van der Waals surface area contributed by atoms with Gasteiger partial charge in [-0.2, -0.15) is 0 Å². The molecule has 0 atom stereocenters. The average molecular weight is 445 g/mol. The van der Waals surface area contributed by atoms with E-state index in [1.54, 1.807) is 12.1 Å². The minimum atomic E-state index is -0.531. The zero-order valence-electron chi connectivity index (χ0n) is 16.7. The molecular formula is C21H18ClFN4O4. The first-order valence-electron chi connectivity index (χ1n) is 9.24. The second kappa shape index (κ2) is 8.27. The zero-order valence-corrected chi connectivity index (χ0v) is 17.4. The number of aromatic nitrogens is 3. The third-order valence-corrected chi connectivity index (χ3v) is 5.15. The number of amides is 1. The standard InChI is InChI=1S/C21H18ClFN4O4/c1-30-16-6-12-15(7-17(16)31-2)26-20-19(12)25-10-27(21(20)29)9-18(28)24-8-11-3-4-14(23)13(22)5-11/h3-7,10,26H,8-9H2,1-2H3,(H,24,28). The number of hydrogen-bond acceptors (Lipinski definition) is 5. The van der Waals surface area contributed by atoms with Gasteiger partial charge in [-0.3, -0.25) is 14.2 Å². The third-order valence-electron chi connectivity index (χ3n) is 4.86. The summed E-state index contributed by atoms with van der Waals surface area (Å²) in [5.41, 5.74) is 1.65. The lowest BCUT2D eigenvalue weighted by atomic mass is 10.2. The van der Waals surface area contributed by atoms with E-state index in [1.165, 1.54) is 43.3 Å². The van der Waals surface area contributed by atoms with Gasteiger partial charge < -0.3 is 19.8 Å². The van der Waals surface area contributed by atoms with E-state index < -0.39 is 11.7 Å². The van der Waals surface area contributed by atoms with Gasteiger partial charge in [0.25, 0.3) is 5.56 Å². The molecule has 0 bridgehead atoms. The monoisotopic (exact) mass is 444 g/mol. The summed E-state index contributed by atoms with van der Waals surface area (Å²) in [5.74, 6) is 0.101. The predicted molar refractivity (Wildman–Crippen MR) is 114 cm³/mol. The van der Waals surface area contributed by atoms with Crippen LogP contribution in [0.4, 0.5) is 4.39 Å². The number of carbonyl (C=O) groups is 1. The quantitative estimate of drug-likeness (QED) is 0.476. The van der Waals surface area contributed by atoms with Crippen LogP contribution in [0.25, 0.3) is 21.9 Å². The predicted octanol–water partition coefficient (Wildman–Crippen LogP) is 3.00. The van der Waals surface area contributed by atoms with Crippen molar-refractivity contribution in [3.8, 4) is 11.5 Å². The fraction of sp³-hybridized carbons (Fsp3) is 0.190. The van der Waals surface area contributed by atoms with E-state index in [2.05, 4.69) is 15.3 Å². The fourth-order valence-corrected chi connectivity index (χ4v) is 3.50. The van der Waals surface area contributed by atoms with Gasteiger partial charge in [0.1, 0.15) is 23.4 Å². The Hall–Kier alpha value is -3.59. The molecular weight excluding hydrogens is 427 g/mol. The minimum absolute atomic E-state index is 0.0234. The summed E-state index contributed by atoms with van der Waals surface area (Å²) in [7, 11) is 3.05. The first kappa shape index (κ1) is 20.7. The van der Waals surface area contributed by atoms with Crippen LogP contribution in [-0.4, -0.2) is 34.7 Å². The van der Waals surface area contributed by atoms with Crippen LogP contribution in [0.3, 0.4) is 0 Å². The molecule has 4 aromatic rings. The van der Waals surface area contributed by atoms with Crippen LogP contribution in [0.1, 0.15) is 5.56 Å². The van der Waals surface area contributed by atoms with Crippen molar-refractivity contribution < 1.29 is 18.7 Å². The van der Waals surface area contributed by atoms with Gasteiger partial charge in [0.15, 0.2) is 11.5 Å². The molecule has 0 unspecified atom stereocenters. The molecule has 2 heterocycles. The number of nitrogens with one attached hydrogen (secondary N) is 2. The molecule has 0 aliphatic heterocycles. The highest BCUT2D eigenvalue weighted by molar-refractivity contribution is 6.30. The molecule has 31 heavy (non-hydrogen) atoms. The lowest BCUT2D eigenvalue weighted by Crippen LogP contribution is -2.32. The Balaban J connectivity index is 1.58. The Kier molecular flexibility index (Phi) is 5.51. The zero-order chi connectivity index (χ0) is 22.1. The van der Waals surface area contributed by atoms with Crippen molar-refractivity contribution in [2.45, 2.75) is 13.1 Å². The second-order valence-corrected chi connectivity index (χ2v) is 7.21. The van der Waals surface area contributed by atoms with Crippen molar-refractivity contribution in [3.05, 3.63) is 63.4 Å². The van der Waals surface area contributed by atoms with Crippen LogP contribution in [0, 0.1) is 5.82 Å². The van der Waals surface area contributed by atoms with Gasteiger partial charge >= 0.3 is 0 Å². The van der Waals surface area contributed by atoms with Crippen LogP contribution in [-0.2, 0) is 17.9 Å². The van der Waals surface area contributed by atoms with Crippen LogP contribution in [0.15, 0.2) is 41.5 Å². The molecule has 4 rings (SSSR count). The molecule has 0 radical (unpaired) electrons. The van der Waals surface area contributed by atoms with E-state index in [4.69, 9.17) is 21.1 Å². The number of aromatic amines is 1. The Labute approximate surface area is 180 Å². The van der Waals surface area contributed by atoms with Crippen LogP contribution in [0.2, 0.25) is 5.02 Å². The first-order valence-corrected chi connectivity index (χ1v) is 9.62. The van der Waals surface area contributed by atoms with Crippen molar-refractivity contribution in [1.82, 2.24) is 19.9 Å². The molecule has 160 valence electrons. The summed E-state index contributed by atoms with van der Waals surface area (Å²) >= 11 is 5.75. The van der Waals surface area contributed by atoms with E-state index in [0.29, 0.717) is 33.5 Å². The van der Waals surface area contributed by atoms with Crippen LogP contribution in [0.5, 0.6) is 11.5 Å². The molecule has 0 aliphatic rings. The lowest BCUT2D eigenvalue weighted by Gasteiger charge is -2.08. The summed E-state index contributed by atoms with van der Waals surface area (Å²) in [6, 6.07) is 7.65. The molecule has 0 saturated carbocycles. The summed E-state index contributed by atoms with van der Waals surface area (Å²) < 4.78 is 25.1. The van der Waals surface area contributed by atoms with Crippen molar-refractivity contribution in [3.63, 3.8) is 0 Å². The molecule has 0 fully saturated rings. The van der Waals surface area contributed by atoms with Crippen molar-refractivity contribution in [2.75, 3.05) is 14.2 Å².